The van der Waals surface area contributed by atoms with Crippen LogP contribution < -0.4 is 16.9 Å². The van der Waals surface area contributed by atoms with Crippen LogP contribution in [0.4, 0.5) is 5.69 Å². The number of hydrogen-bond acceptors (Lipinski definition) is 6. The number of rotatable bonds is 7. The number of para-hydroxylation sites is 1. The first kappa shape index (κ1) is 16.8. The highest BCUT2D eigenvalue weighted by atomic mass is 32.2. The van der Waals surface area contributed by atoms with Crippen molar-refractivity contribution in [2.45, 2.75) is 24.9 Å². The Morgan fingerprint density at radius 1 is 1.30 bits per heavy atom. The summed E-state index contributed by atoms with van der Waals surface area (Å²) in [5.41, 5.74) is 5.92. The Hall–Kier alpha value is -2.55. The number of carbonyl (C=O) groups is 2. The van der Waals surface area contributed by atoms with E-state index in [0.29, 0.717) is 16.7 Å². The zero-order chi connectivity index (χ0) is 16.8. The van der Waals surface area contributed by atoms with Gasteiger partial charge in [-0.15, -0.1) is 10.2 Å². The molecular formula is C14H18N6O2S. The number of nitrogens with zero attached hydrogens (tertiary/aromatic N) is 3. The minimum absolute atomic E-state index is 0.0918. The van der Waals surface area contributed by atoms with Crippen LogP contribution in [-0.2, 0) is 11.2 Å². The number of aryl methyl sites for hydroxylation is 1. The molecule has 0 fully saturated rings. The number of nitrogens with two attached hydrogens (primary N) is 2. The minimum Gasteiger partial charge on any atom is -0.366 e. The van der Waals surface area contributed by atoms with Gasteiger partial charge in [-0.3, -0.25) is 9.59 Å². The van der Waals surface area contributed by atoms with Gasteiger partial charge in [0.2, 0.25) is 11.1 Å². The number of thioether (sulfide) groups is 1. The van der Waals surface area contributed by atoms with E-state index in [1.54, 1.807) is 24.3 Å². The van der Waals surface area contributed by atoms with Crippen molar-refractivity contribution in [3.8, 4) is 0 Å². The second-order valence-electron chi connectivity index (χ2n) is 4.77. The number of aromatic nitrogens is 3. The zero-order valence-corrected chi connectivity index (χ0v) is 13.5. The average Bonchev–Trinajstić information content (AvgIpc) is 2.87. The molecule has 1 aromatic heterocycles. The van der Waals surface area contributed by atoms with Crippen LogP contribution in [0.5, 0.6) is 0 Å². The molecule has 0 bridgehead atoms. The van der Waals surface area contributed by atoms with Gasteiger partial charge in [0.05, 0.1) is 17.0 Å². The monoisotopic (exact) mass is 334 g/mol. The van der Waals surface area contributed by atoms with Crippen molar-refractivity contribution < 1.29 is 9.59 Å². The Bertz CT molecular complexity index is 715. The van der Waals surface area contributed by atoms with Crippen LogP contribution in [0.15, 0.2) is 29.4 Å². The van der Waals surface area contributed by atoms with E-state index in [1.807, 2.05) is 6.92 Å². The summed E-state index contributed by atoms with van der Waals surface area (Å²) >= 11 is 1.17. The summed E-state index contributed by atoms with van der Waals surface area (Å²) in [6.45, 7) is 2.02. The Morgan fingerprint density at radius 2 is 2.04 bits per heavy atom. The topological polar surface area (TPSA) is 129 Å². The lowest BCUT2D eigenvalue weighted by molar-refractivity contribution is -0.113. The van der Waals surface area contributed by atoms with Gasteiger partial charge >= 0.3 is 0 Å². The number of nitrogens with one attached hydrogen (secondary N) is 1. The maximum atomic E-state index is 12.0. The molecule has 23 heavy (non-hydrogen) atoms. The fourth-order valence-corrected chi connectivity index (χ4v) is 2.60. The average molecular weight is 334 g/mol. The predicted molar refractivity (Wildman–Crippen MR) is 88.5 cm³/mol. The number of carbonyl (C=O) groups excluding carboxylic acids is 2. The van der Waals surface area contributed by atoms with Crippen molar-refractivity contribution in [1.82, 2.24) is 14.9 Å². The number of hydrogen-bond donors (Lipinski definition) is 3. The van der Waals surface area contributed by atoms with E-state index in [4.69, 9.17) is 11.6 Å². The van der Waals surface area contributed by atoms with Crippen LogP contribution in [0.25, 0.3) is 0 Å². The molecule has 2 rings (SSSR count). The fourth-order valence-electron chi connectivity index (χ4n) is 1.92. The van der Waals surface area contributed by atoms with E-state index >= 15 is 0 Å². The van der Waals surface area contributed by atoms with Crippen LogP contribution in [0.3, 0.4) is 0 Å². The molecule has 0 aliphatic heterocycles. The van der Waals surface area contributed by atoms with Gasteiger partial charge in [0.15, 0.2) is 5.82 Å². The van der Waals surface area contributed by atoms with Crippen molar-refractivity contribution in [2.75, 3.05) is 16.9 Å². The van der Waals surface area contributed by atoms with Crippen LogP contribution in [0, 0.1) is 0 Å². The van der Waals surface area contributed by atoms with Gasteiger partial charge in [-0.25, -0.2) is 4.68 Å². The summed E-state index contributed by atoms with van der Waals surface area (Å²) in [7, 11) is 0. The van der Waals surface area contributed by atoms with Gasteiger partial charge in [0.1, 0.15) is 0 Å². The van der Waals surface area contributed by atoms with Crippen LogP contribution in [-0.4, -0.2) is 32.4 Å². The number of primary amides is 1. The highest BCUT2D eigenvalue weighted by molar-refractivity contribution is 7.99. The summed E-state index contributed by atoms with van der Waals surface area (Å²) in [5.74, 6) is 5.75. The van der Waals surface area contributed by atoms with E-state index in [9.17, 15) is 9.59 Å². The minimum atomic E-state index is -0.598. The first-order valence-electron chi connectivity index (χ1n) is 7.03. The molecule has 8 nitrogen and oxygen atoms in total. The predicted octanol–water partition coefficient (Wildman–Crippen LogP) is 0.774. The third-order valence-corrected chi connectivity index (χ3v) is 3.95. The summed E-state index contributed by atoms with van der Waals surface area (Å²) < 4.78 is 1.39. The van der Waals surface area contributed by atoms with Crippen LogP contribution in [0.1, 0.15) is 29.5 Å². The molecule has 0 saturated heterocycles. The molecule has 122 valence electrons. The molecule has 0 unspecified atom stereocenters. The molecule has 0 radical (unpaired) electrons. The maximum Gasteiger partial charge on any atom is 0.250 e. The molecule has 9 heteroatoms. The lowest BCUT2D eigenvalue weighted by Gasteiger charge is -2.08. The SMILES string of the molecule is CCCc1nnc(SCC(=O)Nc2ccccc2C(N)=O)n1N. The van der Waals surface area contributed by atoms with Crippen molar-refractivity contribution >= 4 is 29.3 Å². The first-order chi connectivity index (χ1) is 11.0. The van der Waals surface area contributed by atoms with Crippen molar-refractivity contribution in [3.05, 3.63) is 35.7 Å². The van der Waals surface area contributed by atoms with Gasteiger partial charge in [-0.1, -0.05) is 30.8 Å². The molecule has 2 aromatic rings. The number of benzene rings is 1. The van der Waals surface area contributed by atoms with Gasteiger partial charge in [-0.2, -0.15) is 0 Å². The molecular weight excluding hydrogens is 316 g/mol. The van der Waals surface area contributed by atoms with Crippen LogP contribution in [0.2, 0.25) is 0 Å². The Morgan fingerprint density at radius 3 is 2.74 bits per heavy atom. The molecule has 0 aliphatic carbocycles. The molecule has 0 saturated carbocycles. The Kier molecular flexibility index (Phi) is 5.58. The van der Waals surface area contributed by atoms with Gasteiger partial charge < -0.3 is 16.9 Å². The lowest BCUT2D eigenvalue weighted by atomic mass is 10.1. The second-order valence-corrected chi connectivity index (χ2v) is 5.71. The standard InChI is InChI=1S/C14H18N6O2S/c1-2-5-11-18-19-14(20(11)16)23-8-12(21)17-10-7-4-3-6-9(10)13(15)22/h3-4,6-7H,2,5,8,16H2,1H3,(H2,15,22)(H,17,21). The number of amides is 2. The summed E-state index contributed by atoms with van der Waals surface area (Å²) in [4.78, 5) is 23.3. The molecule has 0 spiro atoms. The van der Waals surface area contributed by atoms with E-state index in [2.05, 4.69) is 15.5 Å². The summed E-state index contributed by atoms with van der Waals surface area (Å²) in [6.07, 6.45) is 1.63. The smallest absolute Gasteiger partial charge is 0.250 e. The van der Waals surface area contributed by atoms with E-state index in [0.717, 1.165) is 12.8 Å². The fraction of sp³-hybridized carbons (Fsp3) is 0.286. The molecule has 1 aromatic carbocycles. The van der Waals surface area contributed by atoms with Crippen LogP contribution >= 0.6 is 11.8 Å². The molecule has 2 amide bonds. The van der Waals surface area contributed by atoms with Crippen molar-refractivity contribution in [1.29, 1.82) is 0 Å². The molecule has 0 atom stereocenters. The third kappa shape index (κ3) is 4.22. The highest BCUT2D eigenvalue weighted by Crippen LogP contribution is 2.18. The lowest BCUT2D eigenvalue weighted by Crippen LogP contribution is -2.20. The van der Waals surface area contributed by atoms with E-state index in [1.165, 1.54) is 16.4 Å². The Balaban J connectivity index is 1.97. The number of nitrogen functional groups attached to an aromatic ring is 1. The summed E-state index contributed by atoms with van der Waals surface area (Å²) in [5, 5.41) is 11.1. The normalized spacial score (nSPS) is 10.5. The van der Waals surface area contributed by atoms with E-state index < -0.39 is 5.91 Å². The summed E-state index contributed by atoms with van der Waals surface area (Å²) in [6, 6.07) is 6.56. The highest BCUT2D eigenvalue weighted by Gasteiger charge is 2.13. The zero-order valence-electron chi connectivity index (χ0n) is 12.7. The first-order valence-corrected chi connectivity index (χ1v) is 8.02. The second kappa shape index (κ2) is 7.63. The number of anilines is 1. The Labute approximate surface area is 137 Å². The molecule has 5 N–H and O–H groups in total. The maximum absolute atomic E-state index is 12.0. The quantitative estimate of drug-likeness (QED) is 0.507. The van der Waals surface area contributed by atoms with Crippen molar-refractivity contribution in [3.63, 3.8) is 0 Å². The van der Waals surface area contributed by atoms with Gasteiger partial charge in [0, 0.05) is 6.42 Å². The third-order valence-electron chi connectivity index (χ3n) is 3.01. The molecule has 0 aliphatic rings. The molecule has 1 heterocycles. The largest absolute Gasteiger partial charge is 0.366 e. The van der Waals surface area contributed by atoms with E-state index in [-0.39, 0.29) is 17.2 Å². The van der Waals surface area contributed by atoms with Crippen molar-refractivity contribution in [2.24, 2.45) is 5.73 Å². The van der Waals surface area contributed by atoms with Gasteiger partial charge in [-0.05, 0) is 18.6 Å². The van der Waals surface area contributed by atoms with Gasteiger partial charge in [0.25, 0.3) is 5.91 Å².